The number of halogens is 9. The Balaban J connectivity index is 2.18. The van der Waals surface area contributed by atoms with Crippen LogP contribution in [0.4, 0.5) is 39.5 Å². The lowest BCUT2D eigenvalue weighted by molar-refractivity contribution is -0.398. The lowest BCUT2D eigenvalue weighted by Crippen LogP contribution is -2.62. The minimum Gasteiger partial charge on any atom is -0.307 e. The number of benzene rings is 2. The van der Waals surface area contributed by atoms with E-state index >= 15 is 0 Å². The summed E-state index contributed by atoms with van der Waals surface area (Å²) < 4.78 is 123. The van der Waals surface area contributed by atoms with Gasteiger partial charge in [-0.15, -0.1) is 0 Å². The van der Waals surface area contributed by atoms with Crippen molar-refractivity contribution in [3.05, 3.63) is 77.4 Å². The van der Waals surface area contributed by atoms with Gasteiger partial charge >= 0.3 is 23.9 Å². The van der Waals surface area contributed by atoms with Gasteiger partial charge in [0.05, 0.1) is 17.7 Å². The first-order valence-corrected chi connectivity index (χ1v) is 11.4. The second kappa shape index (κ2) is 9.72. The van der Waals surface area contributed by atoms with Crippen LogP contribution in [-0.2, 0) is 11.3 Å². The molecule has 0 saturated carbocycles. The first kappa shape index (κ1) is 28.6. The van der Waals surface area contributed by atoms with E-state index in [1.165, 1.54) is 0 Å². The van der Waals surface area contributed by atoms with E-state index in [-0.39, 0.29) is 30.7 Å². The highest BCUT2D eigenvalue weighted by atomic mass is 19.4. The minimum absolute atomic E-state index is 0.0343. The summed E-state index contributed by atoms with van der Waals surface area (Å²) in [4.78, 5) is 14.8. The fourth-order valence-corrected chi connectivity index (χ4v) is 4.59. The van der Waals surface area contributed by atoms with Gasteiger partial charge in [-0.3, -0.25) is 4.79 Å². The molecule has 37 heavy (non-hydrogen) atoms. The highest BCUT2D eigenvalue weighted by Crippen LogP contribution is 2.59. The number of hydrogen-bond acceptors (Lipinski definition) is 1. The molecule has 1 heterocycles. The van der Waals surface area contributed by atoms with E-state index in [1.807, 2.05) is 0 Å². The molecule has 0 aliphatic carbocycles. The van der Waals surface area contributed by atoms with Gasteiger partial charge in [-0.2, -0.15) is 39.5 Å². The molecule has 0 fully saturated rings. The van der Waals surface area contributed by atoms with Gasteiger partial charge in [0.25, 0.3) is 0 Å². The van der Waals surface area contributed by atoms with Crippen LogP contribution in [-0.4, -0.2) is 34.8 Å². The Morgan fingerprint density at radius 1 is 0.784 bits per heavy atom. The molecular weight excluding hydrogens is 513 g/mol. The van der Waals surface area contributed by atoms with Crippen LogP contribution in [0.15, 0.2) is 66.2 Å². The molecule has 0 bridgehead atoms. The Morgan fingerprint density at radius 3 is 1.78 bits per heavy atom. The van der Waals surface area contributed by atoms with Crippen molar-refractivity contribution in [3.8, 4) is 0 Å². The van der Waals surface area contributed by atoms with Gasteiger partial charge in [0.1, 0.15) is 0 Å². The number of hydrogen-bond donors (Lipinski definition) is 0. The molecular formula is C26H24F9NO. The first-order valence-electron chi connectivity index (χ1n) is 11.4. The maximum absolute atomic E-state index is 14.9. The number of rotatable bonds is 9. The normalized spacial score (nSPS) is 19.6. The van der Waals surface area contributed by atoms with Crippen LogP contribution >= 0.6 is 0 Å². The van der Waals surface area contributed by atoms with E-state index < -0.39 is 41.7 Å². The van der Waals surface area contributed by atoms with Crippen LogP contribution in [0.3, 0.4) is 0 Å². The van der Waals surface area contributed by atoms with Gasteiger partial charge in [-0.25, -0.2) is 0 Å². The molecule has 1 amide bonds. The van der Waals surface area contributed by atoms with Crippen LogP contribution in [0.25, 0.3) is 5.70 Å². The van der Waals surface area contributed by atoms with Gasteiger partial charge in [-0.1, -0.05) is 74.0 Å². The lowest BCUT2D eigenvalue weighted by atomic mass is 9.74. The predicted octanol–water partition coefficient (Wildman–Crippen LogP) is 8.10. The second-order valence-corrected chi connectivity index (χ2v) is 9.18. The monoisotopic (exact) mass is 537 g/mol. The van der Waals surface area contributed by atoms with Gasteiger partial charge < -0.3 is 4.90 Å². The quantitative estimate of drug-likeness (QED) is 0.296. The summed E-state index contributed by atoms with van der Waals surface area (Å²) in [5.41, 5.74) is -1.43. The largest absolute Gasteiger partial charge is 0.460 e. The zero-order valence-electron chi connectivity index (χ0n) is 19.9. The molecule has 11 heteroatoms. The first-order chi connectivity index (χ1) is 17.0. The molecule has 2 aromatic carbocycles. The number of nitrogens with zero attached hydrogens (tertiary/aromatic N) is 1. The maximum atomic E-state index is 14.9. The van der Waals surface area contributed by atoms with Gasteiger partial charge in [-0.05, 0) is 30.0 Å². The maximum Gasteiger partial charge on any atom is 0.460 e. The Labute approximate surface area is 207 Å². The SMILES string of the molecule is CCCC1=C(c2ccccc2)N(Cc2ccccc2)C(=O)C1(C)CC(F)(F)C(F)(F)C(F)(F)C(F)(F)F. The molecule has 0 saturated heterocycles. The molecule has 0 radical (unpaired) electrons. The highest BCUT2D eigenvalue weighted by Gasteiger charge is 2.82. The molecule has 1 unspecified atom stereocenters. The molecule has 1 aliphatic rings. The van der Waals surface area contributed by atoms with E-state index in [4.69, 9.17) is 0 Å². The molecule has 202 valence electrons. The summed E-state index contributed by atoms with van der Waals surface area (Å²) in [6.07, 6.45) is -8.98. The van der Waals surface area contributed by atoms with Crippen molar-refractivity contribution in [1.82, 2.24) is 4.90 Å². The fraction of sp³-hybridized carbons (Fsp3) is 0.423. The Morgan fingerprint density at radius 2 is 1.30 bits per heavy atom. The number of alkyl halides is 9. The van der Waals surface area contributed by atoms with Crippen molar-refractivity contribution in [3.63, 3.8) is 0 Å². The van der Waals surface area contributed by atoms with E-state index in [9.17, 15) is 44.3 Å². The van der Waals surface area contributed by atoms with E-state index in [1.54, 1.807) is 67.6 Å². The zero-order chi connectivity index (χ0) is 27.9. The van der Waals surface area contributed by atoms with E-state index in [2.05, 4.69) is 0 Å². The molecule has 2 aromatic rings. The molecule has 3 rings (SSSR count). The third-order valence-corrected chi connectivity index (χ3v) is 6.46. The smallest absolute Gasteiger partial charge is 0.307 e. The Hall–Kier alpha value is -2.98. The molecule has 0 N–H and O–H groups in total. The van der Waals surface area contributed by atoms with Crippen LogP contribution in [0.2, 0.25) is 0 Å². The topological polar surface area (TPSA) is 20.3 Å². The van der Waals surface area contributed by atoms with Crippen LogP contribution in [0.5, 0.6) is 0 Å². The third-order valence-electron chi connectivity index (χ3n) is 6.46. The molecule has 0 aromatic heterocycles. The Kier molecular flexibility index (Phi) is 7.51. The predicted molar refractivity (Wildman–Crippen MR) is 119 cm³/mol. The van der Waals surface area contributed by atoms with Crippen LogP contribution in [0, 0.1) is 5.41 Å². The van der Waals surface area contributed by atoms with Gasteiger partial charge in [0.15, 0.2) is 0 Å². The summed E-state index contributed by atoms with van der Waals surface area (Å²) >= 11 is 0. The van der Waals surface area contributed by atoms with Gasteiger partial charge in [0, 0.05) is 6.42 Å². The minimum atomic E-state index is -7.03. The van der Waals surface area contributed by atoms with Crippen LogP contribution in [0.1, 0.15) is 44.2 Å². The number of carbonyl (C=O) groups is 1. The van der Waals surface area contributed by atoms with E-state index in [0.717, 1.165) is 11.8 Å². The van der Waals surface area contributed by atoms with Crippen LogP contribution < -0.4 is 0 Å². The Bertz CT molecular complexity index is 1140. The summed E-state index contributed by atoms with van der Waals surface area (Å²) in [6.45, 7) is 2.36. The summed E-state index contributed by atoms with van der Waals surface area (Å²) in [5, 5.41) is 0. The fourth-order valence-electron chi connectivity index (χ4n) is 4.59. The highest BCUT2D eigenvalue weighted by molar-refractivity contribution is 6.00. The summed E-state index contributed by atoms with van der Waals surface area (Å²) in [7, 11) is 0. The van der Waals surface area contributed by atoms with Crippen molar-refractivity contribution in [1.29, 1.82) is 0 Å². The number of amides is 1. The van der Waals surface area contributed by atoms with Crippen molar-refractivity contribution in [2.24, 2.45) is 5.41 Å². The molecule has 2 nitrogen and oxygen atoms in total. The second-order valence-electron chi connectivity index (χ2n) is 9.18. The lowest BCUT2D eigenvalue weighted by Gasteiger charge is -2.37. The molecule has 1 aliphatic heterocycles. The van der Waals surface area contributed by atoms with Crippen molar-refractivity contribution in [2.45, 2.75) is 63.6 Å². The summed E-state index contributed by atoms with van der Waals surface area (Å²) in [6, 6.07) is 16.2. The van der Waals surface area contributed by atoms with E-state index in [0.29, 0.717) is 11.1 Å². The summed E-state index contributed by atoms with van der Waals surface area (Å²) in [5.74, 6) is -20.8. The molecule has 0 spiro atoms. The molecule has 1 atom stereocenters. The van der Waals surface area contributed by atoms with Gasteiger partial charge in [0.2, 0.25) is 5.91 Å². The average molecular weight is 537 g/mol. The zero-order valence-corrected chi connectivity index (χ0v) is 19.9. The van der Waals surface area contributed by atoms with Crippen molar-refractivity contribution >= 4 is 11.6 Å². The third kappa shape index (κ3) is 4.84. The standard InChI is InChI=1S/C26H24F9NO/c1-3-10-19-20(18-13-8-5-9-14-18)36(15-17-11-6-4-7-12-17)21(37)22(19,2)16-23(27,28)24(29,30)25(31,32)26(33,34)35/h4-9,11-14H,3,10,15-16H2,1-2H3. The average Bonchev–Trinajstić information content (AvgIpc) is 3.00. The number of carbonyl (C=O) groups excluding carboxylic acids is 1. The van der Waals surface area contributed by atoms with Crippen molar-refractivity contribution < 1.29 is 44.3 Å². The van der Waals surface area contributed by atoms with Crippen molar-refractivity contribution in [2.75, 3.05) is 0 Å².